The van der Waals surface area contributed by atoms with Crippen LogP contribution in [0, 0.1) is 62.6 Å². The Labute approximate surface area is 436 Å². The van der Waals surface area contributed by atoms with Gasteiger partial charge in [-0.1, -0.05) is 108 Å². The van der Waals surface area contributed by atoms with Crippen molar-refractivity contribution in [1.82, 2.24) is 0 Å². The van der Waals surface area contributed by atoms with Gasteiger partial charge in [-0.3, -0.25) is 9.59 Å². The minimum Gasteiger partial charge on any atom is -0.460 e. The number of hydrogen-bond acceptors (Lipinski definition) is 7. The van der Waals surface area contributed by atoms with Crippen molar-refractivity contribution >= 4 is 29.1 Å². The van der Waals surface area contributed by atoms with E-state index in [2.05, 4.69) is 127 Å². The van der Waals surface area contributed by atoms with Gasteiger partial charge in [0.1, 0.15) is 42.7 Å². The molecule has 2 unspecified atom stereocenters. The number of fused-ring (bicyclic) bond motifs is 9. The van der Waals surface area contributed by atoms with Crippen LogP contribution < -0.4 is 9.64 Å². The summed E-state index contributed by atoms with van der Waals surface area (Å²) in [6.07, 6.45) is 15.3. The minimum atomic E-state index is -1.23. The van der Waals surface area contributed by atoms with Crippen LogP contribution in [0.5, 0.6) is 5.75 Å². The predicted molar refractivity (Wildman–Crippen MR) is 291 cm³/mol. The zero-order chi connectivity index (χ0) is 51.8. The van der Waals surface area contributed by atoms with Crippen molar-refractivity contribution in [1.29, 1.82) is 0 Å². The zero-order valence-electron chi connectivity index (χ0n) is 45.9. The van der Waals surface area contributed by atoms with E-state index in [1.807, 2.05) is 55.5 Å². The quantitative estimate of drug-likeness (QED) is 0.140. The Bertz CT molecular complexity index is 2780. The standard InChI is InChI=1S/C65H83N2O6/c1-12-66(13-2)44-25-27-48-52(37-44)72-53-38-45(67(14-3)15-4)26-28-49(53)56(48)46-23-19-20-24-47(46)59(69)73-55-31-33-62(8)54(65(55,11)60(70)71-40-43-21-17-16-18-22-43)30-34-64(10)58(62)51(68)39-50-57-42(6)41(5)29-32-61(57,7)35-36-63(50,64)9/h16-28,37-39,41-42,48,54-58H,12-15,29-36,40H2,1-11H3/q+1/t41-,42+,48?,54-,55+,56?,57+,58-,61-,62+,63-,64-,65-/m1/s1. The fourth-order valence-corrected chi connectivity index (χ4v) is 16.9. The summed E-state index contributed by atoms with van der Waals surface area (Å²) in [5.41, 5.74) is 4.83. The molecule has 0 radical (unpaired) electrons. The first-order valence-corrected chi connectivity index (χ1v) is 28.3. The summed E-state index contributed by atoms with van der Waals surface area (Å²) in [6, 6.07) is 24.2. The van der Waals surface area contributed by atoms with Crippen LogP contribution in [0.3, 0.4) is 0 Å². The molecule has 1 heterocycles. The third-order valence-electron chi connectivity index (χ3n) is 21.4. The van der Waals surface area contributed by atoms with Gasteiger partial charge in [-0.15, -0.1) is 0 Å². The van der Waals surface area contributed by atoms with Gasteiger partial charge in [0.2, 0.25) is 5.71 Å². The number of carbonyl (C=O) groups excluding carboxylic acids is 3. The lowest BCUT2D eigenvalue weighted by Crippen LogP contribution is -2.68. The first kappa shape index (κ1) is 51.3. The Balaban J connectivity index is 1.03. The predicted octanol–water partition coefficient (Wildman–Crippen LogP) is 13.7. The molecule has 388 valence electrons. The highest BCUT2D eigenvalue weighted by molar-refractivity contribution is 6.02. The molecule has 10 rings (SSSR count). The molecule has 13 atom stereocenters. The molecule has 8 nitrogen and oxygen atoms in total. The SMILES string of the molecule is CCN(CC)c1ccc2c(c1)OC1=CC(=[N+](CC)CC)C=CC1C2c1ccccc1C(=O)O[C@H]1CC[C@@]2(C)[C@@H](CC[C@]3(C)[C@@H]2C(=O)C=C2[C@@H]4[C@@H](C)[C@H](C)CC[C@]4(C)CC[C@]23C)[C@@]1(C)C(=O)OCc1ccccc1. The van der Waals surface area contributed by atoms with E-state index in [1.54, 1.807) is 0 Å². The van der Waals surface area contributed by atoms with Crippen LogP contribution in [0.15, 0.2) is 108 Å². The van der Waals surface area contributed by atoms with E-state index in [0.29, 0.717) is 36.2 Å². The molecule has 0 N–H and O–H groups in total. The molecule has 4 saturated carbocycles. The molecule has 0 spiro atoms. The van der Waals surface area contributed by atoms with Gasteiger partial charge < -0.3 is 19.1 Å². The van der Waals surface area contributed by atoms with E-state index in [-0.39, 0.29) is 58.3 Å². The smallest absolute Gasteiger partial charge is 0.338 e. The number of ether oxygens (including phenoxy) is 3. The van der Waals surface area contributed by atoms with Gasteiger partial charge in [0.15, 0.2) is 5.78 Å². The number of rotatable bonds is 11. The second-order valence-corrected chi connectivity index (χ2v) is 24.7. The van der Waals surface area contributed by atoms with Gasteiger partial charge >= 0.3 is 11.9 Å². The summed E-state index contributed by atoms with van der Waals surface area (Å²) in [4.78, 5) is 48.6. The van der Waals surface area contributed by atoms with Gasteiger partial charge in [-0.2, -0.15) is 0 Å². The Morgan fingerprint density at radius 1 is 0.795 bits per heavy atom. The third kappa shape index (κ3) is 8.03. The molecule has 4 fully saturated rings. The maximum absolute atomic E-state index is 15.4. The van der Waals surface area contributed by atoms with Crippen molar-refractivity contribution in [3.05, 3.63) is 131 Å². The number of hydrogen-bond donors (Lipinski definition) is 0. The summed E-state index contributed by atoms with van der Waals surface area (Å²) >= 11 is 0. The molecular formula is C65H83N2O6+. The number of carbonyl (C=O) groups is 3. The van der Waals surface area contributed by atoms with Crippen molar-refractivity contribution in [2.24, 2.45) is 62.6 Å². The van der Waals surface area contributed by atoms with E-state index < -0.39 is 22.9 Å². The van der Waals surface area contributed by atoms with Crippen molar-refractivity contribution in [3.63, 3.8) is 0 Å². The van der Waals surface area contributed by atoms with Crippen LogP contribution in [-0.4, -0.2) is 60.3 Å². The van der Waals surface area contributed by atoms with Crippen LogP contribution in [0.2, 0.25) is 0 Å². The molecule has 8 heteroatoms. The van der Waals surface area contributed by atoms with Crippen LogP contribution in [0.4, 0.5) is 5.69 Å². The Hall–Kier alpha value is -5.24. The number of allylic oxidation sites excluding steroid dienone is 5. The lowest BCUT2D eigenvalue weighted by atomic mass is 9.33. The van der Waals surface area contributed by atoms with Gasteiger partial charge in [-0.05, 0) is 161 Å². The largest absolute Gasteiger partial charge is 0.460 e. The summed E-state index contributed by atoms with van der Waals surface area (Å²) in [5.74, 6) is 1.60. The second kappa shape index (κ2) is 19.2. The summed E-state index contributed by atoms with van der Waals surface area (Å²) in [7, 11) is 0. The Kier molecular flexibility index (Phi) is 13.5. The molecule has 73 heavy (non-hydrogen) atoms. The summed E-state index contributed by atoms with van der Waals surface area (Å²) in [5, 5.41) is 0. The number of nitrogens with zero attached hydrogens (tertiary/aromatic N) is 2. The van der Waals surface area contributed by atoms with E-state index in [4.69, 9.17) is 14.2 Å². The molecule has 3 aromatic carbocycles. The van der Waals surface area contributed by atoms with Crippen LogP contribution in [0.1, 0.15) is 160 Å². The van der Waals surface area contributed by atoms with E-state index in [0.717, 1.165) is 85.0 Å². The normalized spacial score (nSPS) is 36.0. The molecule has 6 aliphatic carbocycles. The first-order chi connectivity index (χ1) is 34.9. The van der Waals surface area contributed by atoms with Crippen molar-refractivity contribution in [2.75, 3.05) is 31.1 Å². The summed E-state index contributed by atoms with van der Waals surface area (Å²) in [6.45, 7) is 28.8. The molecular weight excluding hydrogens is 905 g/mol. The van der Waals surface area contributed by atoms with Crippen LogP contribution in [0.25, 0.3) is 0 Å². The first-order valence-electron chi connectivity index (χ1n) is 28.3. The average Bonchev–Trinajstić information content (AvgIpc) is 3.38. The number of anilines is 1. The Morgan fingerprint density at radius 2 is 1.52 bits per heavy atom. The monoisotopic (exact) mass is 988 g/mol. The fourth-order valence-electron chi connectivity index (χ4n) is 16.9. The molecule has 1 aliphatic heterocycles. The number of benzene rings is 3. The highest BCUT2D eigenvalue weighted by Gasteiger charge is 2.72. The van der Waals surface area contributed by atoms with Gasteiger partial charge in [0.25, 0.3) is 0 Å². The maximum atomic E-state index is 15.4. The van der Waals surface area contributed by atoms with Gasteiger partial charge in [-0.25, -0.2) is 9.37 Å². The molecule has 0 bridgehead atoms. The van der Waals surface area contributed by atoms with E-state index in [1.165, 1.54) is 24.8 Å². The van der Waals surface area contributed by atoms with Gasteiger partial charge in [0.05, 0.1) is 5.56 Å². The molecule has 0 saturated heterocycles. The number of esters is 2. The molecule has 7 aliphatic rings. The third-order valence-corrected chi connectivity index (χ3v) is 21.4. The lowest BCUT2D eigenvalue weighted by Gasteiger charge is -2.70. The lowest BCUT2D eigenvalue weighted by molar-refractivity contribution is -0.519. The topological polar surface area (TPSA) is 85.2 Å². The molecule has 0 aromatic heterocycles. The fraction of sp³-hybridized carbons (Fsp3) is 0.569. The van der Waals surface area contributed by atoms with Crippen LogP contribution in [-0.2, 0) is 25.7 Å². The van der Waals surface area contributed by atoms with Crippen molar-refractivity contribution < 1.29 is 33.2 Å². The maximum Gasteiger partial charge on any atom is 0.338 e. The Morgan fingerprint density at radius 3 is 2.25 bits per heavy atom. The van der Waals surface area contributed by atoms with E-state index in [9.17, 15) is 0 Å². The molecule has 0 amide bonds. The highest BCUT2D eigenvalue weighted by Crippen LogP contribution is 2.75. The van der Waals surface area contributed by atoms with Crippen molar-refractivity contribution in [3.8, 4) is 5.75 Å². The molecule has 3 aromatic rings. The number of ketones is 1. The average molecular weight is 988 g/mol. The van der Waals surface area contributed by atoms with Crippen LogP contribution >= 0.6 is 0 Å². The highest BCUT2D eigenvalue weighted by atomic mass is 16.6. The van der Waals surface area contributed by atoms with E-state index >= 15 is 14.4 Å². The van der Waals surface area contributed by atoms with Gasteiger partial charge in [0, 0.05) is 60.3 Å². The van der Waals surface area contributed by atoms with Crippen molar-refractivity contribution in [2.45, 2.75) is 146 Å². The zero-order valence-corrected chi connectivity index (χ0v) is 45.9. The summed E-state index contributed by atoms with van der Waals surface area (Å²) < 4.78 is 22.6. The second-order valence-electron chi connectivity index (χ2n) is 24.7. The minimum absolute atomic E-state index is 0.112.